The first-order valence-electron chi connectivity index (χ1n) is 18.0. The lowest BCUT2D eigenvalue weighted by molar-refractivity contribution is 0.656. The van der Waals surface area contributed by atoms with Crippen LogP contribution in [0.15, 0.2) is 183 Å². The van der Waals surface area contributed by atoms with E-state index in [1.807, 2.05) is 30.3 Å². The molecule has 12 aromatic rings. The lowest BCUT2D eigenvalue weighted by Gasteiger charge is -2.19. The molecule has 0 atom stereocenters. The quantitative estimate of drug-likeness (QED) is 0.175. The van der Waals surface area contributed by atoms with Gasteiger partial charge in [-0.05, 0) is 79.7 Å². The zero-order valence-electron chi connectivity index (χ0n) is 28.4. The van der Waals surface area contributed by atoms with Crippen molar-refractivity contribution in [1.29, 1.82) is 0 Å². The summed E-state index contributed by atoms with van der Waals surface area (Å²) in [5.74, 6) is 0. The monoisotopic (exact) mass is 676 g/mol. The van der Waals surface area contributed by atoms with Gasteiger partial charge >= 0.3 is 0 Å². The summed E-state index contributed by atoms with van der Waals surface area (Å²) in [7, 11) is 0. The minimum absolute atomic E-state index is 0.794. The molecule has 0 unspecified atom stereocenters. The molecule has 0 bridgehead atoms. The van der Waals surface area contributed by atoms with Crippen LogP contribution in [0.2, 0.25) is 0 Å². The lowest BCUT2D eigenvalue weighted by Crippen LogP contribution is -1.92. The van der Waals surface area contributed by atoms with E-state index in [-0.39, 0.29) is 0 Å². The SMILES string of the molecule is c1ccc(-c2c3ccccc3c(-c3cc(-c4c5c(cc6oc7ccccc7c46)oc4ccccc45)cc4oc5ccccc5c34)c3ccccc23)cc1. The first kappa shape index (κ1) is 28.6. The molecule has 9 aromatic carbocycles. The van der Waals surface area contributed by atoms with Gasteiger partial charge in [0.2, 0.25) is 0 Å². The molecule has 0 aliphatic rings. The van der Waals surface area contributed by atoms with Crippen LogP contribution in [0.4, 0.5) is 0 Å². The van der Waals surface area contributed by atoms with Crippen molar-refractivity contribution in [1.82, 2.24) is 0 Å². The molecule has 0 aliphatic carbocycles. The van der Waals surface area contributed by atoms with Gasteiger partial charge in [0.15, 0.2) is 0 Å². The van der Waals surface area contributed by atoms with Gasteiger partial charge in [-0.3, -0.25) is 0 Å². The second-order valence-electron chi connectivity index (χ2n) is 13.9. The zero-order valence-corrected chi connectivity index (χ0v) is 28.4. The second-order valence-corrected chi connectivity index (χ2v) is 13.9. The molecule has 0 aliphatic heterocycles. The van der Waals surface area contributed by atoms with Crippen molar-refractivity contribution >= 4 is 87.4 Å². The molecule has 0 spiro atoms. The highest BCUT2D eigenvalue weighted by Crippen LogP contribution is 2.51. The van der Waals surface area contributed by atoms with Crippen LogP contribution in [-0.2, 0) is 0 Å². The Hall–Kier alpha value is -7.10. The van der Waals surface area contributed by atoms with Crippen LogP contribution in [0.1, 0.15) is 0 Å². The van der Waals surface area contributed by atoms with Crippen molar-refractivity contribution < 1.29 is 13.3 Å². The Morgan fingerprint density at radius 1 is 0.245 bits per heavy atom. The number of benzene rings is 9. The summed E-state index contributed by atoms with van der Waals surface area (Å²) in [4.78, 5) is 0. The molecule has 0 saturated carbocycles. The Labute approximate surface area is 302 Å². The molecule has 3 nitrogen and oxygen atoms in total. The summed E-state index contributed by atoms with van der Waals surface area (Å²) in [6.07, 6.45) is 0. The smallest absolute Gasteiger partial charge is 0.139 e. The van der Waals surface area contributed by atoms with Crippen molar-refractivity contribution in [3.05, 3.63) is 170 Å². The molecule has 0 amide bonds. The average molecular weight is 677 g/mol. The summed E-state index contributed by atoms with van der Waals surface area (Å²) in [6, 6.07) is 60.1. The third-order valence-corrected chi connectivity index (χ3v) is 11.0. The maximum absolute atomic E-state index is 6.81. The third kappa shape index (κ3) is 3.99. The molecule has 3 heteroatoms. The summed E-state index contributed by atoms with van der Waals surface area (Å²) in [5.41, 5.74) is 11.9. The van der Waals surface area contributed by atoms with Gasteiger partial charge in [0, 0.05) is 43.9 Å². The minimum Gasteiger partial charge on any atom is -0.456 e. The molecule has 53 heavy (non-hydrogen) atoms. The summed E-state index contributed by atoms with van der Waals surface area (Å²) >= 11 is 0. The maximum Gasteiger partial charge on any atom is 0.139 e. The molecule has 0 saturated heterocycles. The molecule has 0 N–H and O–H groups in total. The fourth-order valence-corrected chi connectivity index (χ4v) is 8.91. The molecular weight excluding hydrogens is 649 g/mol. The van der Waals surface area contributed by atoms with Crippen LogP contribution in [0.25, 0.3) is 121 Å². The van der Waals surface area contributed by atoms with E-state index in [4.69, 9.17) is 13.3 Å². The molecule has 12 rings (SSSR count). The predicted octanol–water partition coefficient (Wildman–Crippen LogP) is 14.7. The number of furan rings is 3. The van der Waals surface area contributed by atoms with Crippen LogP contribution < -0.4 is 0 Å². The van der Waals surface area contributed by atoms with Gasteiger partial charge in [-0.2, -0.15) is 0 Å². The van der Waals surface area contributed by atoms with Crippen LogP contribution >= 0.6 is 0 Å². The Morgan fingerprint density at radius 3 is 1.15 bits per heavy atom. The highest BCUT2D eigenvalue weighted by molar-refractivity contribution is 6.29. The summed E-state index contributed by atoms with van der Waals surface area (Å²) in [5, 5.41) is 11.3. The number of rotatable bonds is 3. The zero-order chi connectivity index (χ0) is 34.6. The number of para-hydroxylation sites is 3. The molecule has 3 heterocycles. The summed E-state index contributed by atoms with van der Waals surface area (Å²) < 4.78 is 19.9. The molecular formula is C50H28O3. The van der Waals surface area contributed by atoms with Crippen LogP contribution in [0, 0.1) is 0 Å². The largest absolute Gasteiger partial charge is 0.456 e. The Kier molecular flexibility index (Phi) is 5.77. The van der Waals surface area contributed by atoms with Crippen molar-refractivity contribution in [2.24, 2.45) is 0 Å². The van der Waals surface area contributed by atoms with Gasteiger partial charge in [-0.25, -0.2) is 0 Å². The Morgan fingerprint density at radius 2 is 0.642 bits per heavy atom. The number of hydrogen-bond acceptors (Lipinski definition) is 3. The molecule has 0 fully saturated rings. The Bertz CT molecular complexity index is 3300. The van der Waals surface area contributed by atoms with E-state index in [1.165, 1.54) is 38.2 Å². The highest BCUT2D eigenvalue weighted by Gasteiger charge is 2.25. The minimum atomic E-state index is 0.794. The van der Waals surface area contributed by atoms with Crippen molar-refractivity contribution in [3.8, 4) is 33.4 Å². The van der Waals surface area contributed by atoms with Crippen molar-refractivity contribution in [3.63, 3.8) is 0 Å². The second kappa shape index (κ2) is 10.7. The van der Waals surface area contributed by atoms with E-state index in [0.29, 0.717) is 0 Å². The fraction of sp³-hybridized carbons (Fsp3) is 0. The highest BCUT2D eigenvalue weighted by atomic mass is 16.3. The van der Waals surface area contributed by atoms with Gasteiger partial charge in [-0.15, -0.1) is 0 Å². The lowest BCUT2D eigenvalue weighted by atomic mass is 9.83. The first-order valence-corrected chi connectivity index (χ1v) is 18.0. The maximum atomic E-state index is 6.81. The van der Waals surface area contributed by atoms with Gasteiger partial charge in [-0.1, -0.05) is 133 Å². The van der Waals surface area contributed by atoms with Gasteiger partial charge in [0.1, 0.15) is 33.5 Å². The van der Waals surface area contributed by atoms with Crippen molar-refractivity contribution in [2.45, 2.75) is 0 Å². The summed E-state index contributed by atoms with van der Waals surface area (Å²) in [6.45, 7) is 0. The van der Waals surface area contributed by atoms with E-state index in [2.05, 4.69) is 140 Å². The van der Waals surface area contributed by atoms with E-state index in [1.54, 1.807) is 0 Å². The van der Waals surface area contributed by atoms with E-state index >= 15 is 0 Å². The van der Waals surface area contributed by atoms with E-state index in [9.17, 15) is 0 Å². The topological polar surface area (TPSA) is 39.4 Å². The average Bonchev–Trinajstić information content (AvgIpc) is 3.90. The van der Waals surface area contributed by atoms with E-state index in [0.717, 1.165) is 82.5 Å². The normalized spacial score (nSPS) is 12.2. The molecule has 3 aromatic heterocycles. The van der Waals surface area contributed by atoms with Crippen LogP contribution in [0.5, 0.6) is 0 Å². The predicted molar refractivity (Wildman–Crippen MR) is 220 cm³/mol. The number of fused-ring (bicyclic) bond motifs is 11. The first-order chi connectivity index (χ1) is 26.3. The van der Waals surface area contributed by atoms with E-state index < -0.39 is 0 Å². The van der Waals surface area contributed by atoms with Gasteiger partial charge < -0.3 is 13.3 Å². The molecule has 246 valence electrons. The standard InChI is InChI=1S/C50H28O3/c1-2-14-29(15-3-1)45-31-16-4-6-18-33(31)47(34-19-7-5-17-32(34)45)38-26-30(27-42-48(38)35-20-8-11-23-39(35)51-42)46-49-36-21-9-12-24-40(36)52-43(49)28-44-50(46)37-22-10-13-25-41(37)53-44/h1-28H. The Balaban J connectivity index is 1.30. The van der Waals surface area contributed by atoms with Gasteiger partial charge in [0.05, 0.1) is 0 Å². The molecule has 0 radical (unpaired) electrons. The third-order valence-electron chi connectivity index (χ3n) is 11.0. The fourth-order valence-electron chi connectivity index (χ4n) is 8.91. The van der Waals surface area contributed by atoms with Crippen molar-refractivity contribution in [2.75, 3.05) is 0 Å². The van der Waals surface area contributed by atoms with Gasteiger partial charge in [0.25, 0.3) is 0 Å². The van der Waals surface area contributed by atoms with Crippen LogP contribution in [-0.4, -0.2) is 0 Å². The van der Waals surface area contributed by atoms with Crippen LogP contribution in [0.3, 0.4) is 0 Å². The number of hydrogen-bond donors (Lipinski definition) is 0.